The van der Waals surface area contributed by atoms with E-state index in [1.807, 2.05) is 36.4 Å². The van der Waals surface area contributed by atoms with Crippen LogP contribution >= 0.6 is 11.6 Å². The van der Waals surface area contributed by atoms with Crippen molar-refractivity contribution in [2.45, 2.75) is 18.5 Å². The van der Waals surface area contributed by atoms with E-state index in [4.69, 9.17) is 11.6 Å². The van der Waals surface area contributed by atoms with Crippen LogP contribution in [0.5, 0.6) is 0 Å². The van der Waals surface area contributed by atoms with Gasteiger partial charge in [0.1, 0.15) is 6.04 Å². The zero-order valence-corrected chi connectivity index (χ0v) is 16.3. The number of nitrogens with one attached hydrogen (secondary N) is 2. The van der Waals surface area contributed by atoms with Gasteiger partial charge in [0.2, 0.25) is 5.91 Å². The normalized spacial score (nSPS) is 20.0. The predicted molar refractivity (Wildman–Crippen MR) is 117 cm³/mol. The molecule has 29 heavy (non-hydrogen) atoms. The van der Waals surface area contributed by atoms with Gasteiger partial charge < -0.3 is 15.2 Å². The van der Waals surface area contributed by atoms with E-state index in [9.17, 15) is 4.79 Å². The van der Waals surface area contributed by atoms with Gasteiger partial charge in [-0.2, -0.15) is 0 Å². The Kier molecular flexibility index (Phi) is 3.53. The number of carbonyl (C=O) groups excluding carboxylic acids is 1. The lowest BCUT2D eigenvalue weighted by atomic mass is 9.86. The lowest BCUT2D eigenvalue weighted by Gasteiger charge is -2.46. The summed E-state index contributed by atoms with van der Waals surface area (Å²) in [4.78, 5) is 19.0. The number of halogens is 1. The van der Waals surface area contributed by atoms with Gasteiger partial charge >= 0.3 is 0 Å². The van der Waals surface area contributed by atoms with Gasteiger partial charge in [-0.3, -0.25) is 4.79 Å². The summed E-state index contributed by atoms with van der Waals surface area (Å²) in [5, 5.41) is 4.99. The van der Waals surface area contributed by atoms with Crippen molar-refractivity contribution in [2.75, 3.05) is 10.2 Å². The van der Waals surface area contributed by atoms with Crippen LogP contribution in [-0.4, -0.2) is 16.9 Å². The monoisotopic (exact) mass is 399 g/mol. The van der Waals surface area contributed by atoms with E-state index < -0.39 is 0 Å². The van der Waals surface area contributed by atoms with E-state index in [2.05, 4.69) is 51.6 Å². The third kappa shape index (κ3) is 2.42. The van der Waals surface area contributed by atoms with Gasteiger partial charge in [0.05, 0.1) is 17.4 Å². The standard InChI is InChI=1S/C24H18ClN3O/c25-15-11-9-14(10-12-15)23-22-17(16-5-1-2-6-18(16)26-22)13-21-24(29)27-19-7-3-4-8-20(19)28(21)23/h1-12,21,23,26H,13H2,(H,27,29)/t21-,23?/m0/s1. The molecule has 0 spiro atoms. The first-order valence-electron chi connectivity index (χ1n) is 9.74. The second kappa shape index (κ2) is 6.13. The van der Waals surface area contributed by atoms with E-state index in [1.165, 1.54) is 10.9 Å². The quantitative estimate of drug-likeness (QED) is 0.456. The number of para-hydroxylation sites is 3. The number of aromatic nitrogens is 1. The molecule has 0 bridgehead atoms. The van der Waals surface area contributed by atoms with E-state index in [0.717, 1.165) is 28.1 Å². The molecule has 1 unspecified atom stereocenters. The van der Waals surface area contributed by atoms with Gasteiger partial charge in [0, 0.05) is 28.0 Å². The molecule has 6 rings (SSSR count). The van der Waals surface area contributed by atoms with E-state index in [-0.39, 0.29) is 18.0 Å². The summed E-state index contributed by atoms with van der Waals surface area (Å²) in [6, 6.07) is 23.9. The summed E-state index contributed by atoms with van der Waals surface area (Å²) in [5.74, 6) is 0.0404. The average Bonchev–Trinajstić information content (AvgIpc) is 3.12. The first-order chi connectivity index (χ1) is 14.2. The zero-order valence-electron chi connectivity index (χ0n) is 15.5. The number of nitrogens with zero attached hydrogens (tertiary/aromatic N) is 1. The smallest absolute Gasteiger partial charge is 0.247 e. The predicted octanol–water partition coefficient (Wildman–Crippen LogP) is 5.29. The fourth-order valence-corrected chi connectivity index (χ4v) is 4.93. The molecule has 142 valence electrons. The molecule has 0 saturated heterocycles. The average molecular weight is 400 g/mol. The van der Waals surface area contributed by atoms with Crippen LogP contribution in [0.2, 0.25) is 5.02 Å². The Morgan fingerprint density at radius 3 is 2.55 bits per heavy atom. The van der Waals surface area contributed by atoms with Gasteiger partial charge in [0.15, 0.2) is 0 Å². The fourth-order valence-electron chi connectivity index (χ4n) is 4.80. The van der Waals surface area contributed by atoms with Crippen LogP contribution in [0.15, 0.2) is 72.8 Å². The molecule has 1 aromatic heterocycles. The molecular weight excluding hydrogens is 382 g/mol. The maximum atomic E-state index is 13.1. The largest absolute Gasteiger partial charge is 0.356 e. The molecule has 3 heterocycles. The molecule has 4 nitrogen and oxygen atoms in total. The summed E-state index contributed by atoms with van der Waals surface area (Å²) >= 11 is 6.17. The Labute approximate surface area is 173 Å². The number of hydrogen-bond acceptors (Lipinski definition) is 2. The highest BCUT2D eigenvalue weighted by Gasteiger charge is 2.44. The molecule has 1 amide bonds. The minimum atomic E-state index is -0.266. The lowest BCUT2D eigenvalue weighted by molar-refractivity contribution is -0.117. The van der Waals surface area contributed by atoms with Crippen LogP contribution in [0.3, 0.4) is 0 Å². The molecular formula is C24H18ClN3O. The van der Waals surface area contributed by atoms with E-state index >= 15 is 0 Å². The molecule has 5 heteroatoms. The van der Waals surface area contributed by atoms with Crippen molar-refractivity contribution >= 4 is 39.8 Å². The topological polar surface area (TPSA) is 48.1 Å². The van der Waals surface area contributed by atoms with E-state index in [0.29, 0.717) is 11.4 Å². The number of benzene rings is 3. The van der Waals surface area contributed by atoms with Gasteiger partial charge in [0.25, 0.3) is 0 Å². The third-order valence-corrected chi connectivity index (χ3v) is 6.31. The molecule has 0 saturated carbocycles. The van der Waals surface area contributed by atoms with Crippen molar-refractivity contribution in [3.63, 3.8) is 0 Å². The number of aromatic amines is 1. The summed E-state index contributed by atoms with van der Waals surface area (Å²) in [7, 11) is 0. The maximum absolute atomic E-state index is 13.1. The number of carbonyl (C=O) groups is 1. The fraction of sp³-hybridized carbons (Fsp3) is 0.125. The Hall–Kier alpha value is -3.24. The van der Waals surface area contributed by atoms with Crippen molar-refractivity contribution < 1.29 is 4.79 Å². The molecule has 2 aliphatic heterocycles. The molecule has 2 atom stereocenters. The van der Waals surface area contributed by atoms with Gasteiger partial charge in [-0.15, -0.1) is 0 Å². The minimum absolute atomic E-state index is 0.0404. The molecule has 0 aliphatic carbocycles. The summed E-state index contributed by atoms with van der Waals surface area (Å²) in [6.07, 6.45) is 0.670. The molecule has 2 aliphatic rings. The summed E-state index contributed by atoms with van der Waals surface area (Å²) in [6.45, 7) is 0. The van der Waals surface area contributed by atoms with Gasteiger partial charge in [-0.25, -0.2) is 0 Å². The Morgan fingerprint density at radius 2 is 1.69 bits per heavy atom. The highest BCUT2D eigenvalue weighted by atomic mass is 35.5. The van der Waals surface area contributed by atoms with Crippen molar-refractivity contribution in [3.05, 3.63) is 94.6 Å². The van der Waals surface area contributed by atoms with Gasteiger partial charge in [-0.1, -0.05) is 54.1 Å². The number of hydrogen-bond donors (Lipinski definition) is 2. The summed E-state index contributed by atoms with van der Waals surface area (Å²) < 4.78 is 0. The van der Waals surface area contributed by atoms with Crippen LogP contribution in [0.1, 0.15) is 22.9 Å². The highest BCUT2D eigenvalue weighted by Crippen LogP contribution is 2.47. The van der Waals surface area contributed by atoms with Crippen LogP contribution in [0.25, 0.3) is 10.9 Å². The van der Waals surface area contributed by atoms with Crippen molar-refractivity contribution in [2.24, 2.45) is 0 Å². The van der Waals surface area contributed by atoms with E-state index in [1.54, 1.807) is 0 Å². The molecule has 0 fully saturated rings. The lowest BCUT2D eigenvalue weighted by Crippen LogP contribution is -2.53. The SMILES string of the molecule is O=C1Nc2ccccc2N2C(c3ccc(Cl)cc3)c3[nH]c4ccccc4c3C[C@@H]12. The Bertz CT molecular complexity index is 1260. The van der Waals surface area contributed by atoms with Crippen molar-refractivity contribution in [1.82, 2.24) is 4.98 Å². The number of fused-ring (bicyclic) bond motifs is 6. The Morgan fingerprint density at radius 1 is 0.931 bits per heavy atom. The summed E-state index contributed by atoms with van der Waals surface area (Å²) in [5.41, 5.74) is 6.47. The zero-order chi connectivity index (χ0) is 19.5. The second-order valence-corrected chi connectivity index (χ2v) is 8.09. The van der Waals surface area contributed by atoms with Crippen molar-refractivity contribution in [3.8, 4) is 0 Å². The molecule has 4 aromatic rings. The van der Waals surface area contributed by atoms with Crippen LogP contribution < -0.4 is 10.2 Å². The highest BCUT2D eigenvalue weighted by molar-refractivity contribution is 6.30. The van der Waals surface area contributed by atoms with Crippen LogP contribution in [0, 0.1) is 0 Å². The second-order valence-electron chi connectivity index (χ2n) is 7.65. The van der Waals surface area contributed by atoms with Crippen molar-refractivity contribution in [1.29, 1.82) is 0 Å². The minimum Gasteiger partial charge on any atom is -0.356 e. The van der Waals surface area contributed by atoms with Crippen LogP contribution in [-0.2, 0) is 11.2 Å². The first kappa shape index (κ1) is 16.7. The maximum Gasteiger partial charge on any atom is 0.247 e. The van der Waals surface area contributed by atoms with Crippen LogP contribution in [0.4, 0.5) is 11.4 Å². The van der Waals surface area contributed by atoms with Gasteiger partial charge in [-0.05, 0) is 41.5 Å². The molecule has 3 aromatic carbocycles. The first-order valence-corrected chi connectivity index (χ1v) is 10.1. The molecule has 2 N–H and O–H groups in total. The number of amides is 1. The Balaban J connectivity index is 1.65. The number of H-pyrrole nitrogens is 1. The molecule has 0 radical (unpaired) electrons. The number of anilines is 2. The number of rotatable bonds is 1. The third-order valence-electron chi connectivity index (χ3n) is 6.06.